The van der Waals surface area contributed by atoms with Crippen LogP contribution in [0.4, 0.5) is 5.69 Å². The number of likely N-dealkylation sites (N-methyl/N-ethyl adjacent to an activating group) is 1. The highest BCUT2D eigenvalue weighted by Crippen LogP contribution is 2.16. The molecule has 2 aromatic carbocycles. The average molecular weight is 331 g/mol. The van der Waals surface area contributed by atoms with E-state index < -0.39 is 0 Å². The molecule has 0 aliphatic rings. The molecule has 0 unspecified atom stereocenters. The zero-order valence-electron chi connectivity index (χ0n) is 13.2. The number of nitrogens with one attached hydrogen (secondary N) is 1. The van der Waals surface area contributed by atoms with E-state index in [0.29, 0.717) is 22.8 Å². The molecule has 0 spiro atoms. The van der Waals surface area contributed by atoms with E-state index in [1.807, 2.05) is 36.2 Å². The molecule has 5 heteroatoms. The standard InChI is InChI=1S/C18H19ClN2O2/c1-13(22)14-7-5-8-16(10-14)20-18(23)12-21(2)11-15-6-3-4-9-17(15)19/h3-10H,11-12H2,1-2H3,(H,20,23). The lowest BCUT2D eigenvalue weighted by molar-refractivity contribution is -0.117. The van der Waals surface area contributed by atoms with Crippen molar-refractivity contribution in [2.24, 2.45) is 0 Å². The lowest BCUT2D eigenvalue weighted by atomic mass is 10.1. The fourth-order valence-corrected chi connectivity index (χ4v) is 2.43. The Morgan fingerprint density at radius 3 is 2.57 bits per heavy atom. The smallest absolute Gasteiger partial charge is 0.238 e. The first kappa shape index (κ1) is 17.2. The van der Waals surface area contributed by atoms with Gasteiger partial charge in [0.2, 0.25) is 5.91 Å². The minimum atomic E-state index is -0.139. The van der Waals surface area contributed by atoms with Crippen LogP contribution in [0.15, 0.2) is 48.5 Å². The molecule has 23 heavy (non-hydrogen) atoms. The summed E-state index contributed by atoms with van der Waals surface area (Å²) in [6.45, 7) is 2.31. The van der Waals surface area contributed by atoms with E-state index in [4.69, 9.17) is 11.6 Å². The number of carbonyl (C=O) groups excluding carboxylic acids is 2. The largest absolute Gasteiger partial charge is 0.325 e. The highest BCUT2D eigenvalue weighted by Gasteiger charge is 2.10. The number of Topliss-reactive ketones (excluding diaryl/α,β-unsaturated/α-hetero) is 1. The number of carbonyl (C=O) groups is 2. The Hall–Kier alpha value is -2.17. The maximum Gasteiger partial charge on any atom is 0.238 e. The van der Waals surface area contributed by atoms with Crippen molar-refractivity contribution in [1.29, 1.82) is 0 Å². The third-order valence-electron chi connectivity index (χ3n) is 3.36. The molecular weight excluding hydrogens is 312 g/mol. The van der Waals surface area contributed by atoms with Gasteiger partial charge in [0.15, 0.2) is 5.78 Å². The Labute approximate surface area is 141 Å². The number of benzene rings is 2. The molecule has 120 valence electrons. The summed E-state index contributed by atoms with van der Waals surface area (Å²) >= 11 is 6.12. The molecule has 4 nitrogen and oxygen atoms in total. The molecular formula is C18H19ClN2O2. The van der Waals surface area contributed by atoms with Crippen molar-refractivity contribution in [3.05, 3.63) is 64.7 Å². The first-order chi connectivity index (χ1) is 11.0. The van der Waals surface area contributed by atoms with Crippen LogP contribution in [0.25, 0.3) is 0 Å². The topological polar surface area (TPSA) is 49.4 Å². The number of hydrogen-bond donors (Lipinski definition) is 1. The van der Waals surface area contributed by atoms with E-state index in [0.717, 1.165) is 5.56 Å². The number of nitrogens with zero attached hydrogens (tertiary/aromatic N) is 1. The number of ketones is 1. The number of rotatable bonds is 6. The SMILES string of the molecule is CC(=O)c1cccc(NC(=O)CN(C)Cc2ccccc2Cl)c1. The van der Waals surface area contributed by atoms with E-state index in [-0.39, 0.29) is 18.2 Å². The van der Waals surface area contributed by atoms with Crippen molar-refractivity contribution in [2.45, 2.75) is 13.5 Å². The van der Waals surface area contributed by atoms with Crippen LogP contribution in [-0.4, -0.2) is 30.2 Å². The molecule has 0 aliphatic heterocycles. The zero-order chi connectivity index (χ0) is 16.8. The lowest BCUT2D eigenvalue weighted by Crippen LogP contribution is -2.29. The first-order valence-electron chi connectivity index (χ1n) is 7.28. The van der Waals surface area contributed by atoms with E-state index in [2.05, 4.69) is 5.32 Å². The summed E-state index contributed by atoms with van der Waals surface area (Å²) in [5.74, 6) is -0.169. The maximum atomic E-state index is 12.1. The second kappa shape index (κ2) is 7.90. The van der Waals surface area contributed by atoms with E-state index >= 15 is 0 Å². The third kappa shape index (κ3) is 5.20. The second-order valence-electron chi connectivity index (χ2n) is 5.45. The van der Waals surface area contributed by atoms with Crippen molar-refractivity contribution in [1.82, 2.24) is 4.90 Å². The highest BCUT2D eigenvalue weighted by atomic mass is 35.5. The van der Waals surface area contributed by atoms with Gasteiger partial charge >= 0.3 is 0 Å². The quantitative estimate of drug-likeness (QED) is 0.823. The van der Waals surface area contributed by atoms with Crippen molar-refractivity contribution in [3.63, 3.8) is 0 Å². The molecule has 2 aromatic rings. The molecule has 0 heterocycles. The molecule has 1 amide bonds. The van der Waals surface area contributed by atoms with Gasteiger partial charge in [-0.05, 0) is 37.7 Å². The summed E-state index contributed by atoms with van der Waals surface area (Å²) in [6, 6.07) is 14.5. The van der Waals surface area contributed by atoms with Crippen LogP contribution in [0.2, 0.25) is 5.02 Å². The van der Waals surface area contributed by atoms with E-state index in [1.165, 1.54) is 6.92 Å². The zero-order valence-corrected chi connectivity index (χ0v) is 13.9. The Kier molecular flexibility index (Phi) is 5.90. The predicted molar refractivity (Wildman–Crippen MR) is 92.9 cm³/mol. The van der Waals surface area contributed by atoms with Gasteiger partial charge in [0.25, 0.3) is 0 Å². The Balaban J connectivity index is 1.93. The van der Waals surface area contributed by atoms with Gasteiger partial charge < -0.3 is 5.32 Å². The molecule has 0 atom stereocenters. The molecule has 0 saturated heterocycles. The first-order valence-corrected chi connectivity index (χ1v) is 7.66. The van der Waals surface area contributed by atoms with Crippen LogP contribution >= 0.6 is 11.6 Å². The molecule has 0 saturated carbocycles. The fraction of sp³-hybridized carbons (Fsp3) is 0.222. The van der Waals surface area contributed by atoms with Gasteiger partial charge in [-0.1, -0.05) is 41.9 Å². The molecule has 2 rings (SSSR count). The Morgan fingerprint density at radius 2 is 1.87 bits per heavy atom. The molecule has 0 bridgehead atoms. The molecule has 0 aromatic heterocycles. The van der Waals surface area contributed by atoms with Crippen LogP contribution in [0.1, 0.15) is 22.8 Å². The van der Waals surface area contributed by atoms with Crippen LogP contribution < -0.4 is 5.32 Å². The lowest BCUT2D eigenvalue weighted by Gasteiger charge is -2.17. The molecule has 0 fully saturated rings. The minimum Gasteiger partial charge on any atom is -0.325 e. The summed E-state index contributed by atoms with van der Waals surface area (Å²) in [5, 5.41) is 3.49. The minimum absolute atomic E-state index is 0.0306. The fourth-order valence-electron chi connectivity index (χ4n) is 2.23. The summed E-state index contributed by atoms with van der Waals surface area (Å²) in [6.07, 6.45) is 0. The van der Waals surface area contributed by atoms with Crippen molar-refractivity contribution in [2.75, 3.05) is 18.9 Å². The monoisotopic (exact) mass is 330 g/mol. The predicted octanol–water partition coefficient (Wildman–Crippen LogP) is 3.61. The second-order valence-corrected chi connectivity index (χ2v) is 5.86. The van der Waals surface area contributed by atoms with Gasteiger partial charge in [0, 0.05) is 22.8 Å². The van der Waals surface area contributed by atoms with Crippen molar-refractivity contribution in [3.8, 4) is 0 Å². The normalized spacial score (nSPS) is 10.6. The molecule has 0 aliphatic carbocycles. The van der Waals surface area contributed by atoms with Crippen LogP contribution in [0.3, 0.4) is 0 Å². The Bertz CT molecular complexity index is 716. The number of amides is 1. The molecule has 0 radical (unpaired) electrons. The van der Waals surface area contributed by atoms with Crippen LogP contribution in [0.5, 0.6) is 0 Å². The maximum absolute atomic E-state index is 12.1. The molecule has 1 N–H and O–H groups in total. The van der Waals surface area contributed by atoms with Gasteiger partial charge in [-0.25, -0.2) is 0 Å². The van der Waals surface area contributed by atoms with Gasteiger partial charge in [-0.2, -0.15) is 0 Å². The van der Waals surface area contributed by atoms with Gasteiger partial charge in [0.05, 0.1) is 6.54 Å². The van der Waals surface area contributed by atoms with Crippen LogP contribution in [-0.2, 0) is 11.3 Å². The number of hydrogen-bond acceptors (Lipinski definition) is 3. The Morgan fingerprint density at radius 1 is 1.13 bits per heavy atom. The number of anilines is 1. The van der Waals surface area contributed by atoms with E-state index in [9.17, 15) is 9.59 Å². The summed E-state index contributed by atoms with van der Waals surface area (Å²) in [4.78, 5) is 25.4. The average Bonchev–Trinajstić information content (AvgIpc) is 2.49. The van der Waals surface area contributed by atoms with Gasteiger partial charge in [-0.15, -0.1) is 0 Å². The summed E-state index contributed by atoms with van der Waals surface area (Å²) in [7, 11) is 1.86. The highest BCUT2D eigenvalue weighted by molar-refractivity contribution is 6.31. The van der Waals surface area contributed by atoms with E-state index in [1.54, 1.807) is 24.3 Å². The summed E-state index contributed by atoms with van der Waals surface area (Å²) in [5.41, 5.74) is 2.17. The van der Waals surface area contributed by atoms with Gasteiger partial charge in [-0.3, -0.25) is 14.5 Å². The van der Waals surface area contributed by atoms with Crippen molar-refractivity contribution < 1.29 is 9.59 Å². The summed E-state index contributed by atoms with van der Waals surface area (Å²) < 4.78 is 0. The van der Waals surface area contributed by atoms with Crippen LogP contribution in [0, 0.1) is 0 Å². The third-order valence-corrected chi connectivity index (χ3v) is 3.73. The van der Waals surface area contributed by atoms with Gasteiger partial charge in [0.1, 0.15) is 0 Å². The number of halogens is 1. The van der Waals surface area contributed by atoms with Crippen molar-refractivity contribution >= 4 is 29.0 Å².